The second-order valence-electron chi connectivity index (χ2n) is 5.45. The molecule has 0 saturated carbocycles. The van der Waals surface area contributed by atoms with Gasteiger partial charge in [-0.15, -0.1) is 10.2 Å². The predicted molar refractivity (Wildman–Crippen MR) is 94.8 cm³/mol. The summed E-state index contributed by atoms with van der Waals surface area (Å²) in [4.78, 5) is 12.2. The van der Waals surface area contributed by atoms with Crippen molar-refractivity contribution in [3.63, 3.8) is 0 Å². The molecule has 128 valence electrons. The fourth-order valence-corrected chi connectivity index (χ4v) is 2.76. The number of rotatable bonds is 5. The third-order valence-corrected chi connectivity index (χ3v) is 4.45. The molecule has 25 heavy (non-hydrogen) atoms. The van der Waals surface area contributed by atoms with Crippen LogP contribution in [-0.2, 0) is 4.79 Å². The topological polar surface area (TPSA) is 68.0 Å². The van der Waals surface area contributed by atoms with E-state index in [1.165, 1.54) is 6.07 Å². The number of anilines is 1. The number of nitrogens with zero attached hydrogens (tertiary/aromatic N) is 2. The molecular weight excluding hydrogens is 341 g/mol. The SMILES string of the molecule is Cc1ccc(NC(=O)[C@H](C)Sc2nnc(-c3ccccc3)o2)cc1F. The summed E-state index contributed by atoms with van der Waals surface area (Å²) in [5.41, 5.74) is 1.75. The van der Waals surface area contributed by atoms with Crippen LogP contribution in [0.25, 0.3) is 11.5 Å². The van der Waals surface area contributed by atoms with Gasteiger partial charge in [0.1, 0.15) is 5.82 Å². The highest BCUT2D eigenvalue weighted by Gasteiger charge is 2.19. The van der Waals surface area contributed by atoms with Gasteiger partial charge in [0.2, 0.25) is 11.8 Å². The molecule has 1 N–H and O–H groups in total. The molecule has 0 aliphatic rings. The van der Waals surface area contributed by atoms with E-state index in [0.717, 1.165) is 17.3 Å². The lowest BCUT2D eigenvalue weighted by Crippen LogP contribution is -2.22. The molecule has 0 aliphatic heterocycles. The highest BCUT2D eigenvalue weighted by molar-refractivity contribution is 8.00. The average molecular weight is 357 g/mol. The number of aryl methyl sites for hydroxylation is 1. The number of hydrogen-bond acceptors (Lipinski definition) is 5. The highest BCUT2D eigenvalue weighted by atomic mass is 32.2. The van der Waals surface area contributed by atoms with Crippen molar-refractivity contribution in [2.75, 3.05) is 5.32 Å². The van der Waals surface area contributed by atoms with Crippen molar-refractivity contribution in [3.8, 4) is 11.5 Å². The van der Waals surface area contributed by atoms with Crippen LogP contribution in [-0.4, -0.2) is 21.4 Å². The second-order valence-corrected chi connectivity index (χ2v) is 6.74. The quantitative estimate of drug-likeness (QED) is 0.690. The van der Waals surface area contributed by atoms with Crippen molar-refractivity contribution >= 4 is 23.4 Å². The van der Waals surface area contributed by atoms with Crippen molar-refractivity contribution in [3.05, 3.63) is 59.9 Å². The first-order chi connectivity index (χ1) is 12.0. The van der Waals surface area contributed by atoms with Crippen molar-refractivity contribution in [1.82, 2.24) is 10.2 Å². The van der Waals surface area contributed by atoms with Crippen LogP contribution in [0, 0.1) is 12.7 Å². The molecule has 0 spiro atoms. The first kappa shape index (κ1) is 17.2. The van der Waals surface area contributed by atoms with Gasteiger partial charge in [0.15, 0.2) is 0 Å². The zero-order chi connectivity index (χ0) is 17.8. The van der Waals surface area contributed by atoms with Gasteiger partial charge in [0.25, 0.3) is 5.22 Å². The van der Waals surface area contributed by atoms with E-state index < -0.39 is 5.25 Å². The zero-order valence-electron chi connectivity index (χ0n) is 13.7. The Morgan fingerprint density at radius 3 is 2.68 bits per heavy atom. The third kappa shape index (κ3) is 4.24. The van der Waals surface area contributed by atoms with Crippen molar-refractivity contribution < 1.29 is 13.6 Å². The van der Waals surface area contributed by atoms with E-state index in [1.54, 1.807) is 26.0 Å². The summed E-state index contributed by atoms with van der Waals surface area (Å²) >= 11 is 1.15. The first-order valence-corrected chi connectivity index (χ1v) is 8.53. The van der Waals surface area contributed by atoms with Crippen LogP contribution in [0.3, 0.4) is 0 Å². The lowest BCUT2D eigenvalue weighted by molar-refractivity contribution is -0.115. The van der Waals surface area contributed by atoms with E-state index in [9.17, 15) is 9.18 Å². The minimum atomic E-state index is -0.478. The number of benzene rings is 2. The molecule has 5 nitrogen and oxygen atoms in total. The summed E-state index contributed by atoms with van der Waals surface area (Å²) in [5.74, 6) is -0.230. The normalized spacial score (nSPS) is 12.0. The fourth-order valence-electron chi connectivity index (χ4n) is 2.07. The second kappa shape index (κ2) is 7.48. The minimum absolute atomic E-state index is 0.271. The molecule has 1 atom stereocenters. The number of amides is 1. The Morgan fingerprint density at radius 2 is 1.96 bits per heavy atom. The number of aromatic nitrogens is 2. The Balaban J connectivity index is 1.63. The van der Waals surface area contributed by atoms with Gasteiger partial charge in [0, 0.05) is 11.3 Å². The number of carbonyl (C=O) groups excluding carboxylic acids is 1. The Labute approximate surface area is 148 Å². The van der Waals surface area contributed by atoms with Crippen LogP contribution in [0.5, 0.6) is 0 Å². The maximum Gasteiger partial charge on any atom is 0.277 e. The van der Waals surface area contributed by atoms with E-state index in [-0.39, 0.29) is 11.7 Å². The molecule has 3 aromatic rings. The van der Waals surface area contributed by atoms with Gasteiger partial charge in [-0.25, -0.2) is 4.39 Å². The van der Waals surface area contributed by atoms with Gasteiger partial charge in [-0.3, -0.25) is 4.79 Å². The zero-order valence-corrected chi connectivity index (χ0v) is 14.5. The van der Waals surface area contributed by atoms with E-state index >= 15 is 0 Å². The largest absolute Gasteiger partial charge is 0.411 e. The number of hydrogen-bond donors (Lipinski definition) is 1. The van der Waals surface area contributed by atoms with E-state index in [1.807, 2.05) is 30.3 Å². The Morgan fingerprint density at radius 1 is 1.20 bits per heavy atom. The Bertz CT molecular complexity index is 883. The Kier molecular flexibility index (Phi) is 5.14. The molecular formula is C18H16FN3O2S. The molecule has 3 rings (SSSR count). The average Bonchev–Trinajstić information content (AvgIpc) is 3.07. The van der Waals surface area contributed by atoms with Crippen LogP contribution in [0.1, 0.15) is 12.5 Å². The number of thioether (sulfide) groups is 1. The monoisotopic (exact) mass is 357 g/mol. The lowest BCUT2D eigenvalue weighted by atomic mass is 10.2. The van der Waals surface area contributed by atoms with Crippen LogP contribution in [0.2, 0.25) is 0 Å². The molecule has 0 radical (unpaired) electrons. The molecule has 1 heterocycles. The molecule has 1 aromatic heterocycles. The maximum absolute atomic E-state index is 13.6. The van der Waals surface area contributed by atoms with E-state index in [0.29, 0.717) is 22.4 Å². The molecule has 2 aromatic carbocycles. The van der Waals surface area contributed by atoms with Gasteiger partial charge in [0.05, 0.1) is 5.25 Å². The van der Waals surface area contributed by atoms with Crippen LogP contribution in [0.15, 0.2) is 58.2 Å². The lowest BCUT2D eigenvalue weighted by Gasteiger charge is -2.10. The van der Waals surface area contributed by atoms with Crippen molar-refractivity contribution in [2.45, 2.75) is 24.3 Å². The van der Waals surface area contributed by atoms with Gasteiger partial charge in [-0.05, 0) is 43.7 Å². The molecule has 0 fully saturated rings. The summed E-state index contributed by atoms with van der Waals surface area (Å²) < 4.78 is 19.1. The van der Waals surface area contributed by atoms with Gasteiger partial charge >= 0.3 is 0 Å². The molecule has 0 saturated heterocycles. The Hall–Kier alpha value is -2.67. The van der Waals surface area contributed by atoms with Gasteiger partial charge in [-0.1, -0.05) is 36.0 Å². The number of nitrogens with one attached hydrogen (secondary N) is 1. The fraction of sp³-hybridized carbons (Fsp3) is 0.167. The summed E-state index contributed by atoms with van der Waals surface area (Å²) in [7, 11) is 0. The van der Waals surface area contributed by atoms with Gasteiger partial charge < -0.3 is 9.73 Å². The summed E-state index contributed by atoms with van der Waals surface area (Å²) in [5, 5.41) is 10.4. The first-order valence-electron chi connectivity index (χ1n) is 7.65. The smallest absolute Gasteiger partial charge is 0.277 e. The molecule has 0 bridgehead atoms. The standard InChI is InChI=1S/C18H16FN3O2S/c1-11-8-9-14(10-15(11)19)20-16(23)12(2)25-18-22-21-17(24-18)13-6-4-3-5-7-13/h3-10,12H,1-2H3,(H,20,23)/t12-/m0/s1. The van der Waals surface area contributed by atoms with E-state index in [4.69, 9.17) is 4.42 Å². The third-order valence-electron chi connectivity index (χ3n) is 3.51. The molecule has 0 unspecified atom stereocenters. The number of halogens is 1. The van der Waals surface area contributed by atoms with Crippen molar-refractivity contribution in [2.24, 2.45) is 0 Å². The van der Waals surface area contributed by atoms with Gasteiger partial charge in [-0.2, -0.15) is 0 Å². The summed E-state index contributed by atoms with van der Waals surface area (Å²) in [6.07, 6.45) is 0. The molecule has 0 aliphatic carbocycles. The van der Waals surface area contributed by atoms with Crippen LogP contribution in [0.4, 0.5) is 10.1 Å². The minimum Gasteiger partial charge on any atom is -0.411 e. The van der Waals surface area contributed by atoms with Crippen LogP contribution >= 0.6 is 11.8 Å². The number of carbonyl (C=O) groups is 1. The summed E-state index contributed by atoms with van der Waals surface area (Å²) in [6.45, 7) is 3.39. The van der Waals surface area contributed by atoms with Crippen LogP contribution < -0.4 is 5.32 Å². The van der Waals surface area contributed by atoms with E-state index in [2.05, 4.69) is 15.5 Å². The maximum atomic E-state index is 13.6. The highest BCUT2D eigenvalue weighted by Crippen LogP contribution is 2.26. The van der Waals surface area contributed by atoms with Crippen molar-refractivity contribution in [1.29, 1.82) is 0 Å². The molecule has 7 heteroatoms. The summed E-state index contributed by atoms with van der Waals surface area (Å²) in [6, 6.07) is 14.0. The molecule has 1 amide bonds. The predicted octanol–water partition coefficient (Wildman–Crippen LogP) is 4.30.